The lowest BCUT2D eigenvalue weighted by Gasteiger charge is -2.13. The van der Waals surface area contributed by atoms with Crippen LogP contribution in [0.1, 0.15) is 17.2 Å². The average molecular weight is 347 g/mol. The number of rotatable bonds is 4. The van der Waals surface area contributed by atoms with Gasteiger partial charge in [0.05, 0.1) is 9.08 Å². The average Bonchev–Trinajstić information content (AvgIpc) is 2.84. The third-order valence-electron chi connectivity index (χ3n) is 2.54. The highest BCUT2D eigenvalue weighted by Crippen LogP contribution is 2.24. The summed E-state index contributed by atoms with van der Waals surface area (Å²) >= 11 is 4.15. The van der Waals surface area contributed by atoms with Gasteiger partial charge in [-0.2, -0.15) is 5.10 Å². The lowest BCUT2D eigenvalue weighted by Crippen LogP contribution is -2.17. The topological polar surface area (TPSA) is 29.9 Å². The van der Waals surface area contributed by atoms with Crippen molar-refractivity contribution < 1.29 is 0 Å². The van der Waals surface area contributed by atoms with E-state index in [0.29, 0.717) is 6.04 Å². The maximum absolute atomic E-state index is 4.19. The van der Waals surface area contributed by atoms with Crippen molar-refractivity contribution in [1.82, 2.24) is 15.1 Å². The summed E-state index contributed by atoms with van der Waals surface area (Å²) in [6.45, 7) is 0. The molecule has 0 fully saturated rings. The van der Waals surface area contributed by atoms with Crippen molar-refractivity contribution in [2.75, 3.05) is 7.05 Å². The van der Waals surface area contributed by atoms with E-state index < -0.39 is 0 Å². The van der Waals surface area contributed by atoms with Crippen LogP contribution in [0.2, 0.25) is 0 Å². The maximum Gasteiger partial charge on any atom is 0.0656 e. The van der Waals surface area contributed by atoms with E-state index in [0.717, 1.165) is 6.42 Å². The molecule has 16 heavy (non-hydrogen) atoms. The van der Waals surface area contributed by atoms with Gasteiger partial charge in [-0.25, -0.2) is 0 Å². The van der Waals surface area contributed by atoms with Crippen LogP contribution in [0.4, 0.5) is 0 Å². The Balaban J connectivity index is 2.12. The van der Waals surface area contributed by atoms with Gasteiger partial charge in [0, 0.05) is 19.3 Å². The minimum atomic E-state index is 0.379. The van der Waals surface area contributed by atoms with Gasteiger partial charge >= 0.3 is 0 Å². The van der Waals surface area contributed by atoms with E-state index in [4.69, 9.17) is 0 Å². The zero-order valence-electron chi connectivity index (χ0n) is 9.27. The molecule has 0 aliphatic rings. The fourth-order valence-electron chi connectivity index (χ4n) is 1.71. The Hall–Kier alpha value is -0.400. The van der Waals surface area contributed by atoms with Gasteiger partial charge < -0.3 is 5.32 Å². The normalized spacial score (nSPS) is 12.9. The van der Waals surface area contributed by atoms with Gasteiger partial charge in [-0.15, -0.1) is 11.3 Å². The van der Waals surface area contributed by atoms with Crippen LogP contribution in [0.15, 0.2) is 23.8 Å². The van der Waals surface area contributed by atoms with Crippen LogP contribution in [0.5, 0.6) is 0 Å². The predicted molar refractivity (Wildman–Crippen MR) is 75.7 cm³/mol. The maximum atomic E-state index is 4.19. The monoisotopic (exact) mass is 347 g/mol. The standard InChI is InChI=1S/C11H14IN3S/c1-13-10(9-4-11(12)16-7-9)3-8-5-14-15(2)6-8/h4-7,10,13H,3H2,1-2H3. The number of hydrogen-bond acceptors (Lipinski definition) is 3. The number of likely N-dealkylation sites (N-methyl/N-ethyl adjacent to an activating group) is 1. The molecule has 0 aliphatic carbocycles. The molecule has 1 unspecified atom stereocenters. The molecule has 2 aromatic rings. The van der Waals surface area contributed by atoms with Crippen molar-refractivity contribution >= 4 is 33.9 Å². The van der Waals surface area contributed by atoms with Crippen LogP contribution in [-0.4, -0.2) is 16.8 Å². The first-order chi connectivity index (χ1) is 7.69. The minimum Gasteiger partial charge on any atom is -0.313 e. The number of aromatic nitrogens is 2. The van der Waals surface area contributed by atoms with Crippen LogP contribution in [-0.2, 0) is 13.5 Å². The van der Waals surface area contributed by atoms with Crippen LogP contribution >= 0.6 is 33.9 Å². The van der Waals surface area contributed by atoms with Crippen LogP contribution in [0.25, 0.3) is 0 Å². The molecule has 0 radical (unpaired) electrons. The number of nitrogens with zero attached hydrogens (tertiary/aromatic N) is 2. The van der Waals surface area contributed by atoms with Crippen LogP contribution in [0, 0.1) is 2.88 Å². The van der Waals surface area contributed by atoms with Crippen LogP contribution in [0.3, 0.4) is 0 Å². The molecule has 0 aliphatic heterocycles. The predicted octanol–water partition coefficient (Wildman–Crippen LogP) is 2.59. The summed E-state index contributed by atoms with van der Waals surface area (Å²) in [5.74, 6) is 0. The minimum absolute atomic E-state index is 0.379. The molecule has 1 atom stereocenters. The van der Waals surface area contributed by atoms with Gasteiger partial charge in [-0.3, -0.25) is 4.68 Å². The molecule has 0 spiro atoms. The molecule has 86 valence electrons. The van der Waals surface area contributed by atoms with Crippen molar-refractivity contribution in [1.29, 1.82) is 0 Å². The number of halogens is 1. The summed E-state index contributed by atoms with van der Waals surface area (Å²) in [7, 11) is 3.96. The second-order valence-electron chi connectivity index (χ2n) is 3.75. The highest BCUT2D eigenvalue weighted by molar-refractivity contribution is 14.1. The van der Waals surface area contributed by atoms with E-state index in [9.17, 15) is 0 Å². The molecule has 0 saturated heterocycles. The molecule has 0 saturated carbocycles. The number of thiophene rings is 1. The van der Waals surface area contributed by atoms with Crippen LogP contribution < -0.4 is 5.32 Å². The van der Waals surface area contributed by atoms with E-state index in [2.05, 4.69) is 50.6 Å². The van der Waals surface area contributed by atoms with E-state index in [1.165, 1.54) is 14.0 Å². The largest absolute Gasteiger partial charge is 0.313 e. The third-order valence-corrected chi connectivity index (χ3v) is 4.34. The highest BCUT2D eigenvalue weighted by atomic mass is 127. The first-order valence-corrected chi connectivity index (χ1v) is 7.03. The Bertz CT molecular complexity index is 463. The van der Waals surface area contributed by atoms with Gasteiger partial charge in [0.1, 0.15) is 0 Å². The number of aryl methyl sites for hydroxylation is 1. The zero-order chi connectivity index (χ0) is 11.5. The second kappa shape index (κ2) is 5.29. The van der Waals surface area contributed by atoms with Crippen molar-refractivity contribution in [2.24, 2.45) is 7.05 Å². The Kier molecular flexibility index (Phi) is 3.99. The lowest BCUT2D eigenvalue weighted by atomic mass is 10.0. The summed E-state index contributed by atoms with van der Waals surface area (Å²) in [6, 6.07) is 2.62. The molecule has 1 N–H and O–H groups in total. The van der Waals surface area contributed by atoms with Gasteiger partial charge in [0.25, 0.3) is 0 Å². The molecule has 2 aromatic heterocycles. The first-order valence-electron chi connectivity index (χ1n) is 5.07. The Morgan fingerprint density at radius 1 is 1.62 bits per heavy atom. The summed E-state index contributed by atoms with van der Waals surface area (Å²) in [5, 5.41) is 9.77. The van der Waals surface area contributed by atoms with Gasteiger partial charge in [-0.1, -0.05) is 0 Å². The Morgan fingerprint density at radius 3 is 2.94 bits per heavy atom. The SMILES string of the molecule is CNC(Cc1cnn(C)c1)c1csc(I)c1. The van der Waals surface area contributed by atoms with E-state index in [1.54, 1.807) is 11.3 Å². The molecule has 0 aromatic carbocycles. The smallest absolute Gasteiger partial charge is 0.0656 e. The number of hydrogen-bond donors (Lipinski definition) is 1. The van der Waals surface area contributed by atoms with Crippen molar-refractivity contribution in [2.45, 2.75) is 12.5 Å². The first kappa shape index (κ1) is 12.1. The number of nitrogens with one attached hydrogen (secondary N) is 1. The van der Waals surface area contributed by atoms with Gasteiger partial charge in [-0.05, 0) is 58.6 Å². The van der Waals surface area contributed by atoms with E-state index >= 15 is 0 Å². The Labute approximate surface area is 113 Å². The molecular weight excluding hydrogens is 333 g/mol. The summed E-state index contributed by atoms with van der Waals surface area (Å²) in [5.41, 5.74) is 2.63. The second-order valence-corrected chi connectivity index (χ2v) is 6.56. The molecule has 2 heterocycles. The Morgan fingerprint density at radius 2 is 2.44 bits per heavy atom. The highest BCUT2D eigenvalue weighted by Gasteiger charge is 2.12. The van der Waals surface area contributed by atoms with Crippen molar-refractivity contribution in [3.8, 4) is 0 Å². The van der Waals surface area contributed by atoms with Crippen molar-refractivity contribution in [3.05, 3.63) is 37.9 Å². The molecular formula is C11H14IN3S. The van der Waals surface area contributed by atoms with Gasteiger partial charge in [0.2, 0.25) is 0 Å². The summed E-state index contributed by atoms with van der Waals surface area (Å²) < 4.78 is 3.18. The summed E-state index contributed by atoms with van der Waals surface area (Å²) in [6.07, 6.45) is 4.99. The molecule has 2 rings (SSSR count). The molecule has 0 amide bonds. The fourth-order valence-corrected chi connectivity index (χ4v) is 3.13. The van der Waals surface area contributed by atoms with Crippen molar-refractivity contribution in [3.63, 3.8) is 0 Å². The third kappa shape index (κ3) is 2.83. The molecule has 3 nitrogen and oxygen atoms in total. The van der Waals surface area contributed by atoms with E-state index in [1.807, 2.05) is 25.0 Å². The summed E-state index contributed by atoms with van der Waals surface area (Å²) in [4.78, 5) is 0. The lowest BCUT2D eigenvalue weighted by molar-refractivity contribution is 0.593. The quantitative estimate of drug-likeness (QED) is 0.862. The molecule has 0 bridgehead atoms. The van der Waals surface area contributed by atoms with Gasteiger partial charge in [0.15, 0.2) is 0 Å². The van der Waals surface area contributed by atoms with E-state index in [-0.39, 0.29) is 0 Å². The fraction of sp³-hybridized carbons (Fsp3) is 0.364. The zero-order valence-corrected chi connectivity index (χ0v) is 12.2. The molecule has 5 heteroatoms.